The standard InChI is InChI=1S/C16H23N5/c1-11(2)21-16(18-10-19-21)9-15(20-17)14-8-7-12-5-3-4-6-13(12)14/h3-6,10-11,14-15,20H,7-9,17H2,1-2H3. The van der Waals surface area contributed by atoms with E-state index in [0.717, 1.165) is 25.1 Å². The maximum Gasteiger partial charge on any atom is 0.138 e. The molecule has 5 nitrogen and oxygen atoms in total. The molecule has 0 fully saturated rings. The Balaban J connectivity index is 1.82. The van der Waals surface area contributed by atoms with Gasteiger partial charge in [-0.05, 0) is 37.8 Å². The van der Waals surface area contributed by atoms with Crippen molar-refractivity contribution in [2.24, 2.45) is 5.84 Å². The SMILES string of the molecule is CC(C)n1ncnc1CC(NN)C1CCc2ccccc21. The second-order valence-corrected chi connectivity index (χ2v) is 6.04. The Kier molecular flexibility index (Phi) is 4.03. The number of hydrogen-bond acceptors (Lipinski definition) is 4. The van der Waals surface area contributed by atoms with E-state index in [1.807, 2.05) is 4.68 Å². The molecule has 1 heterocycles. The fraction of sp³-hybridized carbons (Fsp3) is 0.500. The normalized spacial score (nSPS) is 19.0. The van der Waals surface area contributed by atoms with Crippen LogP contribution in [-0.2, 0) is 12.8 Å². The lowest BCUT2D eigenvalue weighted by Crippen LogP contribution is -2.41. The molecule has 0 amide bonds. The Morgan fingerprint density at radius 2 is 2.19 bits per heavy atom. The van der Waals surface area contributed by atoms with Crippen molar-refractivity contribution < 1.29 is 0 Å². The molecule has 3 N–H and O–H groups in total. The van der Waals surface area contributed by atoms with Crippen LogP contribution in [0.15, 0.2) is 30.6 Å². The second kappa shape index (κ2) is 5.95. The molecular formula is C16H23N5. The molecule has 5 heteroatoms. The maximum atomic E-state index is 5.85. The van der Waals surface area contributed by atoms with Crippen LogP contribution in [0.25, 0.3) is 0 Å². The number of nitrogens with one attached hydrogen (secondary N) is 1. The molecule has 0 aliphatic heterocycles. The first-order valence-corrected chi connectivity index (χ1v) is 7.63. The highest BCUT2D eigenvalue weighted by atomic mass is 15.3. The van der Waals surface area contributed by atoms with Crippen LogP contribution in [0.2, 0.25) is 0 Å². The zero-order valence-corrected chi connectivity index (χ0v) is 12.7. The number of nitrogens with zero attached hydrogens (tertiary/aromatic N) is 3. The van der Waals surface area contributed by atoms with Crippen molar-refractivity contribution in [1.82, 2.24) is 20.2 Å². The summed E-state index contributed by atoms with van der Waals surface area (Å²) in [5.74, 6) is 7.29. The number of benzene rings is 1. The third-order valence-corrected chi connectivity index (χ3v) is 4.42. The first kappa shape index (κ1) is 14.2. The molecule has 1 aromatic heterocycles. The molecular weight excluding hydrogens is 262 g/mol. The molecule has 0 bridgehead atoms. The topological polar surface area (TPSA) is 68.8 Å². The van der Waals surface area contributed by atoms with Gasteiger partial charge < -0.3 is 0 Å². The van der Waals surface area contributed by atoms with Crippen molar-refractivity contribution in [2.75, 3.05) is 0 Å². The summed E-state index contributed by atoms with van der Waals surface area (Å²) in [5.41, 5.74) is 5.89. The molecule has 2 unspecified atom stereocenters. The molecule has 21 heavy (non-hydrogen) atoms. The molecule has 112 valence electrons. The van der Waals surface area contributed by atoms with Gasteiger partial charge in [-0.15, -0.1) is 0 Å². The van der Waals surface area contributed by atoms with Crippen LogP contribution in [0, 0.1) is 0 Å². The van der Waals surface area contributed by atoms with E-state index >= 15 is 0 Å². The van der Waals surface area contributed by atoms with Crippen LogP contribution in [-0.4, -0.2) is 20.8 Å². The van der Waals surface area contributed by atoms with E-state index in [1.165, 1.54) is 11.1 Å². The predicted octanol–water partition coefficient (Wildman–Crippen LogP) is 1.96. The number of fused-ring (bicyclic) bond motifs is 1. The lowest BCUT2D eigenvalue weighted by molar-refractivity contribution is 0.407. The smallest absolute Gasteiger partial charge is 0.138 e. The molecule has 0 radical (unpaired) electrons. The summed E-state index contributed by atoms with van der Waals surface area (Å²) >= 11 is 0. The summed E-state index contributed by atoms with van der Waals surface area (Å²) in [7, 11) is 0. The predicted molar refractivity (Wildman–Crippen MR) is 82.7 cm³/mol. The van der Waals surface area contributed by atoms with Crippen LogP contribution in [0.3, 0.4) is 0 Å². The van der Waals surface area contributed by atoms with Gasteiger partial charge in [-0.25, -0.2) is 9.67 Å². The molecule has 0 spiro atoms. The largest absolute Gasteiger partial charge is 0.271 e. The summed E-state index contributed by atoms with van der Waals surface area (Å²) < 4.78 is 1.98. The number of rotatable bonds is 5. The first-order chi connectivity index (χ1) is 10.2. The van der Waals surface area contributed by atoms with Crippen molar-refractivity contribution in [3.63, 3.8) is 0 Å². The summed E-state index contributed by atoms with van der Waals surface area (Å²) in [6, 6.07) is 9.18. The van der Waals surface area contributed by atoms with Crippen molar-refractivity contribution in [2.45, 2.75) is 51.1 Å². The number of nitrogens with two attached hydrogens (primary N) is 1. The number of aryl methyl sites for hydroxylation is 1. The fourth-order valence-corrected chi connectivity index (χ4v) is 3.37. The number of aromatic nitrogens is 3. The van der Waals surface area contributed by atoms with Crippen LogP contribution in [0.4, 0.5) is 0 Å². The zero-order valence-electron chi connectivity index (χ0n) is 12.7. The Morgan fingerprint density at radius 3 is 2.95 bits per heavy atom. The van der Waals surface area contributed by atoms with Gasteiger partial charge in [0.2, 0.25) is 0 Å². The van der Waals surface area contributed by atoms with Gasteiger partial charge in [-0.1, -0.05) is 24.3 Å². The second-order valence-electron chi connectivity index (χ2n) is 6.04. The average molecular weight is 285 g/mol. The quantitative estimate of drug-likeness (QED) is 0.651. The van der Waals surface area contributed by atoms with E-state index in [1.54, 1.807) is 6.33 Å². The molecule has 0 saturated carbocycles. The van der Waals surface area contributed by atoms with Crippen LogP contribution in [0.1, 0.15) is 49.2 Å². The summed E-state index contributed by atoms with van der Waals surface area (Å²) in [5, 5.41) is 4.31. The molecule has 1 aliphatic rings. The van der Waals surface area contributed by atoms with E-state index in [4.69, 9.17) is 5.84 Å². The first-order valence-electron chi connectivity index (χ1n) is 7.63. The number of hydrazine groups is 1. The lowest BCUT2D eigenvalue weighted by atomic mass is 9.91. The van der Waals surface area contributed by atoms with E-state index in [9.17, 15) is 0 Å². The Hall–Kier alpha value is -1.72. The highest BCUT2D eigenvalue weighted by molar-refractivity contribution is 5.36. The van der Waals surface area contributed by atoms with Gasteiger partial charge in [0.15, 0.2) is 0 Å². The Labute approximate surface area is 125 Å². The monoisotopic (exact) mass is 285 g/mol. The number of hydrogen-bond donors (Lipinski definition) is 2. The third-order valence-electron chi connectivity index (χ3n) is 4.42. The van der Waals surface area contributed by atoms with Crippen LogP contribution < -0.4 is 11.3 Å². The van der Waals surface area contributed by atoms with Gasteiger partial charge in [-0.2, -0.15) is 5.10 Å². The lowest BCUT2D eigenvalue weighted by Gasteiger charge is -2.24. The van der Waals surface area contributed by atoms with Gasteiger partial charge in [0.1, 0.15) is 12.2 Å². The van der Waals surface area contributed by atoms with E-state index in [0.29, 0.717) is 12.0 Å². The van der Waals surface area contributed by atoms with Crippen LogP contribution >= 0.6 is 0 Å². The minimum absolute atomic E-state index is 0.190. The average Bonchev–Trinajstić information content (AvgIpc) is 3.11. The Morgan fingerprint density at radius 1 is 1.38 bits per heavy atom. The van der Waals surface area contributed by atoms with Crippen LogP contribution in [0.5, 0.6) is 0 Å². The molecule has 2 atom stereocenters. The molecule has 2 aromatic rings. The maximum absolute atomic E-state index is 5.85. The van der Waals surface area contributed by atoms with Crippen molar-refractivity contribution >= 4 is 0 Å². The highest BCUT2D eigenvalue weighted by Gasteiger charge is 2.30. The zero-order chi connectivity index (χ0) is 14.8. The summed E-state index contributed by atoms with van der Waals surface area (Å²) in [4.78, 5) is 4.41. The Bertz CT molecular complexity index is 604. The van der Waals surface area contributed by atoms with E-state index < -0.39 is 0 Å². The van der Waals surface area contributed by atoms with Gasteiger partial charge >= 0.3 is 0 Å². The molecule has 3 rings (SSSR count). The van der Waals surface area contributed by atoms with Gasteiger partial charge in [0.25, 0.3) is 0 Å². The highest BCUT2D eigenvalue weighted by Crippen LogP contribution is 2.36. The van der Waals surface area contributed by atoms with Crippen molar-refractivity contribution in [1.29, 1.82) is 0 Å². The minimum Gasteiger partial charge on any atom is -0.271 e. The van der Waals surface area contributed by atoms with Crippen molar-refractivity contribution in [3.8, 4) is 0 Å². The third kappa shape index (κ3) is 2.71. The van der Waals surface area contributed by atoms with E-state index in [-0.39, 0.29) is 6.04 Å². The fourth-order valence-electron chi connectivity index (χ4n) is 3.37. The summed E-state index contributed by atoms with van der Waals surface area (Å²) in [6.07, 6.45) is 4.71. The van der Waals surface area contributed by atoms with Gasteiger partial charge in [0.05, 0.1) is 0 Å². The molecule has 1 aromatic carbocycles. The van der Waals surface area contributed by atoms with E-state index in [2.05, 4.69) is 53.6 Å². The van der Waals surface area contributed by atoms with Crippen molar-refractivity contribution in [3.05, 3.63) is 47.5 Å². The molecule has 1 aliphatic carbocycles. The molecule has 0 saturated heterocycles. The summed E-state index contributed by atoms with van der Waals surface area (Å²) in [6.45, 7) is 4.24. The van der Waals surface area contributed by atoms with Gasteiger partial charge in [0, 0.05) is 24.4 Å². The minimum atomic E-state index is 0.190. The van der Waals surface area contributed by atoms with Gasteiger partial charge in [-0.3, -0.25) is 11.3 Å².